The lowest BCUT2D eigenvalue weighted by atomic mass is 10.1. The van der Waals surface area contributed by atoms with Crippen LogP contribution < -0.4 is 25.4 Å². The van der Waals surface area contributed by atoms with Crippen LogP contribution in [0.25, 0.3) is 6.08 Å². The third-order valence-corrected chi connectivity index (χ3v) is 7.42. The molecule has 0 heterocycles. The van der Waals surface area contributed by atoms with Gasteiger partial charge in [0.1, 0.15) is 17.2 Å². The smallest absolute Gasteiger partial charge is 0.272 e. The second kappa shape index (κ2) is 15.2. The molecule has 4 aromatic rings. The second-order valence-corrected chi connectivity index (χ2v) is 10.8. The van der Waals surface area contributed by atoms with E-state index < -0.39 is 11.8 Å². The number of thioether (sulfide) groups is 1. The lowest BCUT2D eigenvalue weighted by Crippen LogP contribution is -2.30. The number of carbonyl (C=O) groups excluding carboxylic acids is 3. The first kappa shape index (κ1) is 31.5. The predicted molar refractivity (Wildman–Crippen MR) is 172 cm³/mol. The molecule has 4 rings (SSSR count). The van der Waals surface area contributed by atoms with Crippen molar-refractivity contribution in [3.63, 3.8) is 0 Å². The minimum Gasteiger partial charge on any atom is -0.495 e. The van der Waals surface area contributed by atoms with Crippen LogP contribution in [0.15, 0.2) is 102 Å². The van der Waals surface area contributed by atoms with E-state index >= 15 is 0 Å². The van der Waals surface area contributed by atoms with Gasteiger partial charge in [-0.05, 0) is 60.2 Å². The van der Waals surface area contributed by atoms with Gasteiger partial charge in [-0.3, -0.25) is 14.4 Å². The number of anilines is 2. The minimum atomic E-state index is -0.535. The number of rotatable bonds is 11. The Bertz CT molecular complexity index is 1660. The molecule has 0 unspecified atom stereocenters. The highest BCUT2D eigenvalue weighted by atomic mass is 35.5. The van der Waals surface area contributed by atoms with Gasteiger partial charge in [-0.25, -0.2) is 0 Å². The monoisotopic (exact) mass is 635 g/mol. The van der Waals surface area contributed by atoms with Crippen molar-refractivity contribution < 1.29 is 23.9 Å². The molecular formula is C32H27Cl2N3O5S. The number of halogens is 2. The molecular weight excluding hydrogens is 609 g/mol. The number of methoxy groups -OCH3 is 2. The molecule has 0 aliphatic heterocycles. The van der Waals surface area contributed by atoms with Crippen LogP contribution >= 0.6 is 35.0 Å². The molecule has 0 saturated heterocycles. The van der Waals surface area contributed by atoms with Gasteiger partial charge < -0.3 is 25.4 Å². The second-order valence-electron chi connectivity index (χ2n) is 8.94. The summed E-state index contributed by atoms with van der Waals surface area (Å²) >= 11 is 13.6. The van der Waals surface area contributed by atoms with Crippen LogP contribution in [0.4, 0.5) is 11.4 Å². The van der Waals surface area contributed by atoms with Crippen molar-refractivity contribution in [2.45, 2.75) is 4.90 Å². The first-order valence-electron chi connectivity index (χ1n) is 12.8. The van der Waals surface area contributed by atoms with Gasteiger partial charge in [-0.2, -0.15) is 0 Å². The number of hydrogen-bond donors (Lipinski definition) is 3. The molecule has 3 N–H and O–H groups in total. The molecule has 0 atom stereocenters. The quantitative estimate of drug-likeness (QED) is 0.119. The van der Waals surface area contributed by atoms with E-state index in [0.29, 0.717) is 44.0 Å². The Kier molecular flexibility index (Phi) is 11.1. The Balaban J connectivity index is 1.45. The fourth-order valence-corrected chi connectivity index (χ4v) is 5.05. The van der Waals surface area contributed by atoms with Gasteiger partial charge >= 0.3 is 0 Å². The SMILES string of the molecule is COc1cc(OC)c(NC(=O)CSc2cccc(NC(=O)/C(=C/c3cccc(Cl)c3)NC(=O)c3ccccc3)c2)cc1Cl. The number of amides is 3. The normalized spacial score (nSPS) is 10.9. The maximum Gasteiger partial charge on any atom is 0.272 e. The average molecular weight is 637 g/mol. The Morgan fingerprint density at radius 3 is 2.28 bits per heavy atom. The topological polar surface area (TPSA) is 106 Å². The van der Waals surface area contributed by atoms with E-state index in [1.807, 2.05) is 6.07 Å². The van der Waals surface area contributed by atoms with E-state index in [4.69, 9.17) is 32.7 Å². The molecule has 0 aliphatic carbocycles. The summed E-state index contributed by atoms with van der Waals surface area (Å²) in [5.74, 6) is -0.339. The number of hydrogen-bond acceptors (Lipinski definition) is 6. The first-order chi connectivity index (χ1) is 20.7. The van der Waals surface area contributed by atoms with Crippen molar-refractivity contribution in [2.75, 3.05) is 30.6 Å². The molecule has 0 saturated carbocycles. The van der Waals surface area contributed by atoms with Crippen molar-refractivity contribution in [3.8, 4) is 11.5 Å². The molecule has 43 heavy (non-hydrogen) atoms. The number of ether oxygens (including phenoxy) is 2. The van der Waals surface area contributed by atoms with E-state index in [1.165, 1.54) is 26.0 Å². The summed E-state index contributed by atoms with van der Waals surface area (Å²) < 4.78 is 10.5. The fraction of sp³-hybridized carbons (Fsp3) is 0.0938. The van der Waals surface area contributed by atoms with E-state index in [9.17, 15) is 14.4 Å². The van der Waals surface area contributed by atoms with Crippen molar-refractivity contribution in [3.05, 3.63) is 118 Å². The van der Waals surface area contributed by atoms with E-state index in [2.05, 4.69) is 16.0 Å². The van der Waals surface area contributed by atoms with Crippen LogP contribution in [0.1, 0.15) is 15.9 Å². The predicted octanol–water partition coefficient (Wildman–Crippen LogP) is 7.15. The molecule has 11 heteroatoms. The molecule has 0 aromatic heterocycles. The third kappa shape index (κ3) is 9.02. The summed E-state index contributed by atoms with van der Waals surface area (Å²) in [5.41, 5.74) is 1.96. The zero-order chi connectivity index (χ0) is 30.8. The van der Waals surface area contributed by atoms with Gasteiger partial charge in [0.2, 0.25) is 5.91 Å². The molecule has 4 aromatic carbocycles. The summed E-state index contributed by atoms with van der Waals surface area (Å²) in [6.45, 7) is 0. The summed E-state index contributed by atoms with van der Waals surface area (Å²) in [6.07, 6.45) is 1.55. The molecule has 0 bridgehead atoms. The number of benzene rings is 4. The van der Waals surface area contributed by atoms with Crippen LogP contribution in [0, 0.1) is 0 Å². The summed E-state index contributed by atoms with van der Waals surface area (Å²) in [7, 11) is 2.97. The molecule has 0 spiro atoms. The molecule has 3 amide bonds. The van der Waals surface area contributed by atoms with Gasteiger partial charge in [0, 0.05) is 27.2 Å². The lowest BCUT2D eigenvalue weighted by molar-refractivity contribution is -0.114. The highest BCUT2D eigenvalue weighted by Crippen LogP contribution is 2.36. The molecule has 0 aliphatic rings. The summed E-state index contributed by atoms with van der Waals surface area (Å²) in [6, 6.07) is 25.7. The van der Waals surface area contributed by atoms with Crippen LogP contribution in [0.5, 0.6) is 11.5 Å². The lowest BCUT2D eigenvalue weighted by Gasteiger charge is -2.13. The average Bonchev–Trinajstić information content (AvgIpc) is 3.00. The van der Waals surface area contributed by atoms with Crippen LogP contribution in [0.2, 0.25) is 10.0 Å². The molecule has 0 fully saturated rings. The highest BCUT2D eigenvalue weighted by molar-refractivity contribution is 8.00. The van der Waals surface area contributed by atoms with Crippen LogP contribution in [-0.2, 0) is 9.59 Å². The van der Waals surface area contributed by atoms with Gasteiger partial charge in [0.05, 0.1) is 30.7 Å². The van der Waals surface area contributed by atoms with E-state index in [1.54, 1.807) is 91.0 Å². The minimum absolute atomic E-state index is 0.0284. The first-order valence-corrected chi connectivity index (χ1v) is 14.6. The van der Waals surface area contributed by atoms with Gasteiger partial charge in [-0.1, -0.05) is 59.6 Å². The maximum atomic E-state index is 13.4. The van der Waals surface area contributed by atoms with E-state index in [-0.39, 0.29) is 17.4 Å². The van der Waals surface area contributed by atoms with Crippen molar-refractivity contribution in [2.24, 2.45) is 0 Å². The largest absolute Gasteiger partial charge is 0.495 e. The van der Waals surface area contributed by atoms with Crippen LogP contribution in [0.3, 0.4) is 0 Å². The van der Waals surface area contributed by atoms with Gasteiger partial charge in [0.25, 0.3) is 11.8 Å². The van der Waals surface area contributed by atoms with Crippen LogP contribution in [-0.4, -0.2) is 37.7 Å². The number of carbonyl (C=O) groups is 3. The Morgan fingerprint density at radius 2 is 1.56 bits per heavy atom. The fourth-order valence-electron chi connectivity index (χ4n) is 3.86. The Hall–Kier alpha value is -4.44. The maximum absolute atomic E-state index is 13.4. The zero-order valence-electron chi connectivity index (χ0n) is 23.2. The third-order valence-electron chi connectivity index (χ3n) is 5.90. The molecule has 220 valence electrons. The van der Waals surface area contributed by atoms with Crippen molar-refractivity contribution in [1.29, 1.82) is 0 Å². The van der Waals surface area contributed by atoms with Gasteiger partial charge in [-0.15, -0.1) is 11.8 Å². The standard InChI is InChI=1S/C32H27Cl2N3O5S/c1-41-28-18-29(42-2)26(17-25(28)34)36-30(38)19-43-24-13-7-12-23(16-24)35-32(40)27(15-20-8-6-11-22(33)14-20)37-31(39)21-9-4-3-5-10-21/h3-18H,19H2,1-2H3,(H,35,40)(H,36,38)(H,37,39)/b27-15-. The number of nitrogens with one attached hydrogen (secondary N) is 3. The van der Waals surface area contributed by atoms with E-state index in [0.717, 1.165) is 4.90 Å². The Labute approximate surface area is 263 Å². The Morgan fingerprint density at radius 1 is 0.814 bits per heavy atom. The van der Waals surface area contributed by atoms with Crippen molar-refractivity contribution in [1.82, 2.24) is 5.32 Å². The van der Waals surface area contributed by atoms with Gasteiger partial charge in [0.15, 0.2) is 0 Å². The zero-order valence-corrected chi connectivity index (χ0v) is 25.5. The summed E-state index contributed by atoms with van der Waals surface area (Å²) in [5, 5.41) is 9.14. The molecule has 8 nitrogen and oxygen atoms in total. The highest BCUT2D eigenvalue weighted by Gasteiger charge is 2.16. The summed E-state index contributed by atoms with van der Waals surface area (Å²) in [4.78, 5) is 39.7. The van der Waals surface area contributed by atoms with Crippen molar-refractivity contribution >= 4 is 70.1 Å². The molecule has 0 radical (unpaired) electrons.